The molecule has 0 radical (unpaired) electrons. The monoisotopic (exact) mass is 444 g/mol. The van der Waals surface area contributed by atoms with Crippen LogP contribution in [-0.4, -0.2) is 18.7 Å². The van der Waals surface area contributed by atoms with E-state index in [1.807, 2.05) is 0 Å². The third kappa shape index (κ3) is 4.12. The van der Waals surface area contributed by atoms with E-state index in [1.165, 1.54) is 38.5 Å². The lowest BCUT2D eigenvalue weighted by molar-refractivity contribution is 0.384. The van der Waals surface area contributed by atoms with E-state index >= 15 is 0 Å². The molecule has 0 aromatic heterocycles. The summed E-state index contributed by atoms with van der Waals surface area (Å²) in [6.07, 6.45) is 12.1. The summed E-state index contributed by atoms with van der Waals surface area (Å²) in [5.74, 6) is -0.0308. The van der Waals surface area contributed by atoms with Crippen LogP contribution in [0.4, 0.5) is 0 Å². The summed E-state index contributed by atoms with van der Waals surface area (Å²) in [4.78, 5) is 0. The van der Waals surface area contributed by atoms with Crippen molar-refractivity contribution in [3.8, 4) is 17.2 Å². The van der Waals surface area contributed by atoms with E-state index in [1.54, 1.807) is 6.07 Å². The first-order chi connectivity index (χ1) is 11.4. The first kappa shape index (κ1) is 18.2. The first-order valence-corrected chi connectivity index (χ1v) is 10.4. The molecule has 0 atom stereocenters. The van der Waals surface area contributed by atoms with E-state index in [2.05, 4.69) is 29.5 Å². The maximum Gasteiger partial charge on any atom is 0.164 e. The highest BCUT2D eigenvalue weighted by Crippen LogP contribution is 2.53. The second-order valence-corrected chi connectivity index (χ2v) is 10.2. The minimum Gasteiger partial charge on any atom is -0.507 e. The zero-order valence-electron chi connectivity index (χ0n) is 14.6. The second kappa shape index (κ2) is 6.93. The number of aromatic hydroxyl groups is 3. The summed E-state index contributed by atoms with van der Waals surface area (Å²) in [7, 11) is 0. The standard InChI is InChI=1S/C20H29IO3/c1-2-19(9-10-19)7-3-5-14-13-16(22)18(24)15(17(14)23)6-4-8-20(21)11-12-20/h13,22-24H,2-12H2,1H3. The molecule has 2 aliphatic carbocycles. The number of hydrogen-bond acceptors (Lipinski definition) is 3. The van der Waals surface area contributed by atoms with Crippen LogP contribution in [0.15, 0.2) is 6.07 Å². The zero-order valence-corrected chi connectivity index (χ0v) is 16.7. The first-order valence-electron chi connectivity index (χ1n) is 9.33. The minimum absolute atomic E-state index is 0.0926. The Morgan fingerprint density at radius 3 is 2.21 bits per heavy atom. The molecule has 1 aromatic rings. The van der Waals surface area contributed by atoms with Crippen molar-refractivity contribution >= 4 is 22.6 Å². The molecule has 0 bridgehead atoms. The topological polar surface area (TPSA) is 60.7 Å². The normalized spacial score (nSPS) is 20.1. The highest BCUT2D eigenvalue weighted by molar-refractivity contribution is 14.1. The van der Waals surface area contributed by atoms with Gasteiger partial charge in [-0.1, -0.05) is 35.9 Å². The maximum atomic E-state index is 10.6. The van der Waals surface area contributed by atoms with Gasteiger partial charge in [0, 0.05) is 8.99 Å². The second-order valence-electron chi connectivity index (χ2n) is 7.94. The summed E-state index contributed by atoms with van der Waals surface area (Å²) in [6, 6.07) is 1.54. The number of phenolic OH excluding ortho intramolecular Hbond substituents is 3. The van der Waals surface area contributed by atoms with Gasteiger partial charge in [0.15, 0.2) is 11.5 Å². The molecule has 3 rings (SSSR count). The quantitative estimate of drug-likeness (QED) is 0.201. The van der Waals surface area contributed by atoms with Gasteiger partial charge in [0.1, 0.15) is 5.75 Å². The highest BCUT2D eigenvalue weighted by atomic mass is 127. The van der Waals surface area contributed by atoms with Crippen molar-refractivity contribution in [3.05, 3.63) is 17.2 Å². The van der Waals surface area contributed by atoms with Crippen LogP contribution in [0.5, 0.6) is 17.2 Å². The molecule has 2 aliphatic rings. The summed E-state index contributed by atoms with van der Waals surface area (Å²) in [6.45, 7) is 2.26. The van der Waals surface area contributed by atoms with Crippen molar-refractivity contribution < 1.29 is 15.3 Å². The molecule has 0 spiro atoms. The highest BCUT2D eigenvalue weighted by Gasteiger charge is 2.40. The van der Waals surface area contributed by atoms with Crippen molar-refractivity contribution in [2.45, 2.75) is 81.0 Å². The molecule has 0 heterocycles. The van der Waals surface area contributed by atoms with Crippen molar-refractivity contribution in [1.82, 2.24) is 0 Å². The van der Waals surface area contributed by atoms with Gasteiger partial charge in [0.25, 0.3) is 0 Å². The third-order valence-corrected chi connectivity index (χ3v) is 7.75. The molecule has 2 saturated carbocycles. The summed E-state index contributed by atoms with van der Waals surface area (Å²) in [5.41, 5.74) is 1.86. The summed E-state index contributed by atoms with van der Waals surface area (Å²) < 4.78 is 0.446. The van der Waals surface area contributed by atoms with Crippen LogP contribution in [0.25, 0.3) is 0 Å². The average Bonchev–Trinajstić information content (AvgIpc) is 3.47. The van der Waals surface area contributed by atoms with Gasteiger partial charge >= 0.3 is 0 Å². The van der Waals surface area contributed by atoms with Crippen LogP contribution in [0.3, 0.4) is 0 Å². The van der Waals surface area contributed by atoms with Gasteiger partial charge in [-0.3, -0.25) is 0 Å². The fourth-order valence-corrected chi connectivity index (χ4v) is 4.42. The van der Waals surface area contributed by atoms with Gasteiger partial charge in [0.2, 0.25) is 0 Å². The third-order valence-electron chi connectivity index (χ3n) is 6.13. The number of alkyl halides is 1. The number of phenols is 3. The molecule has 134 valence electrons. The SMILES string of the molecule is CCC1(CCCc2cc(O)c(O)c(CCCC3(I)CC3)c2O)CC1. The Balaban J connectivity index is 1.63. The lowest BCUT2D eigenvalue weighted by Gasteiger charge is -2.16. The predicted molar refractivity (Wildman–Crippen MR) is 105 cm³/mol. The fourth-order valence-electron chi connectivity index (χ4n) is 3.77. The van der Waals surface area contributed by atoms with Crippen molar-refractivity contribution in [2.24, 2.45) is 5.41 Å². The Morgan fingerprint density at radius 2 is 1.62 bits per heavy atom. The minimum atomic E-state index is -0.137. The number of rotatable bonds is 9. The Morgan fingerprint density at radius 1 is 0.958 bits per heavy atom. The van der Waals surface area contributed by atoms with Crippen LogP contribution in [0.2, 0.25) is 0 Å². The van der Waals surface area contributed by atoms with E-state index in [-0.39, 0.29) is 17.2 Å². The zero-order chi connectivity index (χ0) is 17.4. The molecular formula is C20H29IO3. The Kier molecular flexibility index (Phi) is 5.24. The fraction of sp³-hybridized carbons (Fsp3) is 0.700. The van der Waals surface area contributed by atoms with Gasteiger partial charge in [-0.05, 0) is 81.3 Å². The van der Waals surface area contributed by atoms with Crippen molar-refractivity contribution in [1.29, 1.82) is 0 Å². The largest absolute Gasteiger partial charge is 0.507 e. The van der Waals surface area contributed by atoms with Crippen LogP contribution in [0, 0.1) is 5.41 Å². The Hall–Kier alpha value is -0.650. The van der Waals surface area contributed by atoms with Gasteiger partial charge in [-0.25, -0.2) is 0 Å². The van der Waals surface area contributed by atoms with Crippen LogP contribution in [-0.2, 0) is 12.8 Å². The smallest absolute Gasteiger partial charge is 0.164 e. The molecule has 0 amide bonds. The van der Waals surface area contributed by atoms with E-state index in [9.17, 15) is 15.3 Å². The maximum absolute atomic E-state index is 10.6. The van der Waals surface area contributed by atoms with E-state index in [4.69, 9.17) is 0 Å². The molecule has 4 heteroatoms. The summed E-state index contributed by atoms with van der Waals surface area (Å²) >= 11 is 2.52. The Bertz CT molecular complexity index is 603. The molecule has 24 heavy (non-hydrogen) atoms. The van der Waals surface area contributed by atoms with Crippen molar-refractivity contribution in [3.63, 3.8) is 0 Å². The molecule has 0 unspecified atom stereocenters. The Labute approximate surface area is 158 Å². The van der Waals surface area contributed by atoms with Crippen LogP contribution >= 0.6 is 22.6 Å². The number of hydrogen-bond donors (Lipinski definition) is 3. The predicted octanol–water partition coefficient (Wildman–Crippen LogP) is 5.61. The van der Waals surface area contributed by atoms with E-state index < -0.39 is 0 Å². The lowest BCUT2D eigenvalue weighted by atomic mass is 9.93. The van der Waals surface area contributed by atoms with Crippen molar-refractivity contribution in [2.75, 3.05) is 0 Å². The van der Waals surface area contributed by atoms with Gasteiger partial charge in [-0.15, -0.1) is 0 Å². The summed E-state index contributed by atoms with van der Waals surface area (Å²) in [5, 5.41) is 30.7. The molecule has 3 nitrogen and oxygen atoms in total. The van der Waals surface area contributed by atoms with Gasteiger partial charge in [0.05, 0.1) is 0 Å². The number of aryl methyl sites for hydroxylation is 1. The molecule has 0 saturated heterocycles. The molecule has 0 aliphatic heterocycles. The van der Waals surface area contributed by atoms with E-state index in [0.717, 1.165) is 31.2 Å². The van der Waals surface area contributed by atoms with Gasteiger partial charge in [-0.2, -0.15) is 0 Å². The molecular weight excluding hydrogens is 415 g/mol. The van der Waals surface area contributed by atoms with Crippen LogP contribution in [0.1, 0.15) is 75.8 Å². The molecule has 1 aromatic carbocycles. The molecule has 3 N–H and O–H groups in total. The van der Waals surface area contributed by atoms with E-state index in [0.29, 0.717) is 20.8 Å². The van der Waals surface area contributed by atoms with Gasteiger partial charge < -0.3 is 15.3 Å². The molecule has 2 fully saturated rings. The number of benzene rings is 1. The lowest BCUT2D eigenvalue weighted by Crippen LogP contribution is -2.01. The van der Waals surface area contributed by atoms with Crippen LogP contribution < -0.4 is 0 Å². The number of halogens is 1. The average molecular weight is 444 g/mol.